The Balaban J connectivity index is 1.66. The molecule has 5 nitrogen and oxygen atoms in total. The molecule has 31 heavy (non-hydrogen) atoms. The molecule has 162 valence electrons. The summed E-state index contributed by atoms with van der Waals surface area (Å²) in [5, 5.41) is 2.24. The van der Waals surface area contributed by atoms with Crippen LogP contribution in [0.2, 0.25) is 5.02 Å². The van der Waals surface area contributed by atoms with Crippen LogP contribution in [0, 0.1) is 5.82 Å². The fourth-order valence-corrected chi connectivity index (χ4v) is 4.74. The molecular formula is C23H21ClFNO4S. The zero-order chi connectivity index (χ0) is 22.3. The van der Waals surface area contributed by atoms with Crippen molar-refractivity contribution in [2.75, 3.05) is 13.2 Å². The molecule has 0 spiro atoms. The smallest absolute Gasteiger partial charge is 0.223 e. The normalized spacial score (nSPS) is 12.2. The molecular weight excluding hydrogens is 441 g/mol. The first kappa shape index (κ1) is 22.8. The van der Waals surface area contributed by atoms with Crippen molar-refractivity contribution in [3.05, 3.63) is 95.3 Å². The van der Waals surface area contributed by atoms with Crippen molar-refractivity contribution < 1.29 is 22.3 Å². The molecule has 1 N–H and O–H groups in total. The number of benzene rings is 3. The molecule has 0 aliphatic heterocycles. The average molecular weight is 462 g/mol. The highest BCUT2D eigenvalue weighted by molar-refractivity contribution is 7.91. The lowest BCUT2D eigenvalue weighted by atomic mass is 10.1. The summed E-state index contributed by atoms with van der Waals surface area (Å²) in [5.41, 5.74) is 0.532. The number of carbonyl (C=O) groups is 1. The van der Waals surface area contributed by atoms with Crippen LogP contribution in [0.1, 0.15) is 17.2 Å². The molecule has 0 aliphatic rings. The maximum absolute atomic E-state index is 13.2. The molecule has 0 bridgehead atoms. The van der Waals surface area contributed by atoms with Crippen LogP contribution in [0.25, 0.3) is 0 Å². The fourth-order valence-electron chi connectivity index (χ4n) is 2.95. The standard InChI is InChI=1S/C23H21ClFNO4S/c24-18-6-10-20(11-7-18)30-15-14-23(27)26-16-22(17-4-2-1-3-5-17)31(28,29)21-12-8-19(25)9-13-21/h1-13,22H,14-16H2,(H,26,27). The Morgan fingerprint density at radius 1 is 0.968 bits per heavy atom. The Bertz CT molecular complexity index is 1100. The first-order valence-corrected chi connectivity index (χ1v) is 11.5. The van der Waals surface area contributed by atoms with E-state index in [2.05, 4.69) is 5.32 Å². The molecule has 0 saturated carbocycles. The van der Waals surface area contributed by atoms with Gasteiger partial charge in [-0.1, -0.05) is 41.9 Å². The summed E-state index contributed by atoms with van der Waals surface area (Å²) in [4.78, 5) is 12.3. The highest BCUT2D eigenvalue weighted by Gasteiger charge is 2.29. The van der Waals surface area contributed by atoms with Crippen molar-refractivity contribution in [3.63, 3.8) is 0 Å². The summed E-state index contributed by atoms with van der Waals surface area (Å²) in [6, 6.07) is 20.0. The minimum atomic E-state index is -3.86. The number of hydrogen-bond acceptors (Lipinski definition) is 4. The molecule has 1 unspecified atom stereocenters. The number of ether oxygens (including phenoxy) is 1. The topological polar surface area (TPSA) is 72.5 Å². The second-order valence-electron chi connectivity index (χ2n) is 6.75. The molecule has 3 aromatic rings. The van der Waals surface area contributed by atoms with Crippen molar-refractivity contribution >= 4 is 27.3 Å². The molecule has 0 fully saturated rings. The summed E-state index contributed by atoms with van der Waals surface area (Å²) in [6.45, 7) is 0.0116. The third-order valence-corrected chi connectivity index (χ3v) is 6.95. The predicted molar refractivity (Wildman–Crippen MR) is 117 cm³/mol. The Kier molecular flexibility index (Phi) is 7.65. The van der Waals surface area contributed by atoms with Gasteiger partial charge in [-0.3, -0.25) is 4.79 Å². The first-order valence-electron chi connectivity index (χ1n) is 9.56. The van der Waals surface area contributed by atoms with E-state index in [1.807, 2.05) is 0 Å². The van der Waals surface area contributed by atoms with Crippen molar-refractivity contribution in [2.45, 2.75) is 16.6 Å². The number of carbonyl (C=O) groups excluding carboxylic acids is 1. The number of halogens is 2. The van der Waals surface area contributed by atoms with Gasteiger partial charge in [-0.2, -0.15) is 0 Å². The molecule has 8 heteroatoms. The van der Waals surface area contributed by atoms with E-state index in [0.29, 0.717) is 16.3 Å². The molecule has 0 heterocycles. The van der Waals surface area contributed by atoms with E-state index >= 15 is 0 Å². The lowest BCUT2D eigenvalue weighted by Crippen LogP contribution is -2.32. The summed E-state index contributed by atoms with van der Waals surface area (Å²) in [7, 11) is -3.86. The molecule has 0 aliphatic carbocycles. The van der Waals surface area contributed by atoms with Crippen LogP contribution in [0.5, 0.6) is 5.75 Å². The Morgan fingerprint density at radius 2 is 1.61 bits per heavy atom. The molecule has 1 atom stereocenters. The van der Waals surface area contributed by atoms with Crippen LogP contribution in [0.15, 0.2) is 83.8 Å². The number of amides is 1. The van der Waals surface area contributed by atoms with Gasteiger partial charge in [0.05, 0.1) is 17.9 Å². The lowest BCUT2D eigenvalue weighted by Gasteiger charge is -2.19. The summed E-state index contributed by atoms with van der Waals surface area (Å²) < 4.78 is 45.1. The van der Waals surface area contributed by atoms with Gasteiger partial charge in [-0.05, 0) is 54.1 Å². The van der Waals surface area contributed by atoms with Gasteiger partial charge < -0.3 is 10.1 Å². The second kappa shape index (κ2) is 10.4. The van der Waals surface area contributed by atoms with E-state index < -0.39 is 20.9 Å². The van der Waals surface area contributed by atoms with Gasteiger partial charge in [-0.15, -0.1) is 0 Å². The Labute approximate surface area is 185 Å². The van der Waals surface area contributed by atoms with Crippen LogP contribution in [-0.2, 0) is 14.6 Å². The van der Waals surface area contributed by atoms with Gasteiger partial charge in [0, 0.05) is 11.6 Å². The third-order valence-electron chi connectivity index (χ3n) is 4.58. The van der Waals surface area contributed by atoms with Crippen LogP contribution >= 0.6 is 11.6 Å². The zero-order valence-corrected chi connectivity index (χ0v) is 18.1. The van der Waals surface area contributed by atoms with E-state index in [1.165, 1.54) is 12.1 Å². The van der Waals surface area contributed by atoms with Gasteiger partial charge in [0.25, 0.3) is 0 Å². The summed E-state index contributed by atoms with van der Waals surface area (Å²) >= 11 is 5.82. The number of rotatable bonds is 9. The lowest BCUT2D eigenvalue weighted by molar-refractivity contribution is -0.121. The van der Waals surface area contributed by atoms with E-state index in [4.69, 9.17) is 16.3 Å². The largest absolute Gasteiger partial charge is 0.493 e. The highest BCUT2D eigenvalue weighted by atomic mass is 35.5. The third kappa shape index (κ3) is 6.29. The maximum atomic E-state index is 13.2. The quantitative estimate of drug-likeness (QED) is 0.473. The van der Waals surface area contributed by atoms with E-state index in [1.54, 1.807) is 54.6 Å². The fraction of sp³-hybridized carbons (Fsp3) is 0.174. The van der Waals surface area contributed by atoms with Gasteiger partial charge in [0.15, 0.2) is 9.84 Å². The van der Waals surface area contributed by atoms with Gasteiger partial charge in [0.1, 0.15) is 16.8 Å². The minimum Gasteiger partial charge on any atom is -0.493 e. The number of sulfone groups is 1. The molecule has 3 aromatic carbocycles. The SMILES string of the molecule is O=C(CCOc1ccc(Cl)cc1)NCC(c1ccccc1)S(=O)(=O)c1ccc(F)cc1. The van der Waals surface area contributed by atoms with Crippen LogP contribution in [0.4, 0.5) is 4.39 Å². The Hall–Kier alpha value is -2.90. The van der Waals surface area contributed by atoms with Crippen molar-refractivity contribution in [1.29, 1.82) is 0 Å². The average Bonchev–Trinajstić information content (AvgIpc) is 2.76. The molecule has 1 amide bonds. The first-order chi connectivity index (χ1) is 14.9. The minimum absolute atomic E-state index is 0.0110. The molecule has 0 aromatic heterocycles. The molecule has 0 radical (unpaired) electrons. The van der Waals surface area contributed by atoms with Crippen molar-refractivity contribution in [1.82, 2.24) is 5.32 Å². The zero-order valence-electron chi connectivity index (χ0n) is 16.5. The van der Waals surface area contributed by atoms with E-state index in [0.717, 1.165) is 12.1 Å². The van der Waals surface area contributed by atoms with Crippen LogP contribution < -0.4 is 10.1 Å². The second-order valence-corrected chi connectivity index (χ2v) is 9.32. The van der Waals surface area contributed by atoms with Gasteiger partial charge in [-0.25, -0.2) is 12.8 Å². The number of nitrogens with one attached hydrogen (secondary N) is 1. The summed E-state index contributed by atoms with van der Waals surface area (Å²) in [6.07, 6.45) is 0.0563. The molecule has 0 saturated heterocycles. The van der Waals surface area contributed by atoms with Crippen LogP contribution in [0.3, 0.4) is 0 Å². The van der Waals surface area contributed by atoms with Crippen molar-refractivity contribution in [2.24, 2.45) is 0 Å². The van der Waals surface area contributed by atoms with E-state index in [9.17, 15) is 17.6 Å². The van der Waals surface area contributed by atoms with Crippen LogP contribution in [-0.4, -0.2) is 27.5 Å². The maximum Gasteiger partial charge on any atom is 0.223 e. The van der Waals surface area contributed by atoms with Crippen molar-refractivity contribution in [3.8, 4) is 5.75 Å². The Morgan fingerprint density at radius 3 is 2.26 bits per heavy atom. The van der Waals surface area contributed by atoms with E-state index in [-0.39, 0.29) is 30.4 Å². The van der Waals surface area contributed by atoms with Gasteiger partial charge >= 0.3 is 0 Å². The summed E-state index contributed by atoms with van der Waals surface area (Å²) in [5.74, 6) is -0.286. The highest BCUT2D eigenvalue weighted by Crippen LogP contribution is 2.28. The monoisotopic (exact) mass is 461 g/mol. The molecule has 3 rings (SSSR count). The number of hydrogen-bond donors (Lipinski definition) is 1. The predicted octanol–water partition coefficient (Wildman–Crippen LogP) is 4.58. The van der Waals surface area contributed by atoms with Gasteiger partial charge in [0.2, 0.25) is 5.91 Å².